The number of aryl methyl sites for hydroxylation is 1. The van der Waals surface area contributed by atoms with Crippen molar-refractivity contribution in [3.63, 3.8) is 0 Å². The minimum Gasteiger partial charge on any atom is -0.308 e. The molecular formula is C22H23N3O4S. The van der Waals surface area contributed by atoms with E-state index in [9.17, 15) is 18.0 Å². The average Bonchev–Trinajstić information content (AvgIpc) is 3.03. The van der Waals surface area contributed by atoms with Gasteiger partial charge in [0.15, 0.2) is 9.84 Å². The normalized spacial score (nSPS) is 17.2. The molecule has 4 rings (SSSR count). The highest BCUT2D eigenvalue weighted by molar-refractivity contribution is 7.92. The van der Waals surface area contributed by atoms with E-state index >= 15 is 0 Å². The van der Waals surface area contributed by atoms with Crippen LogP contribution in [0.1, 0.15) is 30.7 Å². The lowest BCUT2D eigenvalue weighted by atomic mass is 10.1. The molecule has 3 aromatic rings. The Kier molecular flexibility index (Phi) is 4.97. The van der Waals surface area contributed by atoms with Gasteiger partial charge in [-0.2, -0.15) is 0 Å². The molecule has 3 heterocycles. The van der Waals surface area contributed by atoms with Crippen LogP contribution in [0.4, 0.5) is 5.69 Å². The van der Waals surface area contributed by atoms with Gasteiger partial charge in [-0.25, -0.2) is 13.4 Å². The number of pyridine rings is 1. The Morgan fingerprint density at radius 1 is 1.23 bits per heavy atom. The van der Waals surface area contributed by atoms with Crippen molar-refractivity contribution in [3.05, 3.63) is 75.8 Å². The van der Waals surface area contributed by atoms with E-state index < -0.39 is 26.7 Å². The zero-order chi connectivity index (χ0) is 21.6. The lowest BCUT2D eigenvalue weighted by Crippen LogP contribution is -2.44. The first-order chi connectivity index (χ1) is 14.2. The number of carbonyl (C=O) groups is 1. The van der Waals surface area contributed by atoms with E-state index in [4.69, 9.17) is 0 Å². The number of carbonyl (C=O) groups excluding carboxylic acids is 1. The second kappa shape index (κ2) is 7.36. The van der Waals surface area contributed by atoms with Crippen molar-refractivity contribution < 1.29 is 13.2 Å². The highest BCUT2D eigenvalue weighted by Crippen LogP contribution is 2.33. The summed E-state index contributed by atoms with van der Waals surface area (Å²) in [5.41, 5.74) is 2.84. The lowest BCUT2D eigenvalue weighted by Gasteiger charge is -2.26. The predicted octanol–water partition coefficient (Wildman–Crippen LogP) is 2.28. The van der Waals surface area contributed by atoms with Crippen LogP contribution < -0.4 is 10.5 Å². The number of anilines is 1. The number of amides is 1. The van der Waals surface area contributed by atoms with Gasteiger partial charge in [-0.15, -0.1) is 0 Å². The molecule has 0 fully saturated rings. The summed E-state index contributed by atoms with van der Waals surface area (Å²) in [6.45, 7) is 5.17. The summed E-state index contributed by atoms with van der Waals surface area (Å²) in [4.78, 5) is 31.4. The summed E-state index contributed by atoms with van der Waals surface area (Å²) >= 11 is 0. The Morgan fingerprint density at radius 3 is 2.73 bits per heavy atom. The lowest BCUT2D eigenvalue weighted by molar-refractivity contribution is -0.118. The summed E-state index contributed by atoms with van der Waals surface area (Å²) in [6.07, 6.45) is 2.35. The molecule has 0 spiro atoms. The van der Waals surface area contributed by atoms with Crippen molar-refractivity contribution in [2.45, 2.75) is 44.2 Å². The number of nitrogens with zero attached hydrogens (tertiary/aromatic N) is 3. The molecule has 7 nitrogen and oxygen atoms in total. The van der Waals surface area contributed by atoms with Crippen LogP contribution in [0.2, 0.25) is 0 Å². The molecule has 2 unspecified atom stereocenters. The summed E-state index contributed by atoms with van der Waals surface area (Å²) in [5, 5.41) is -1.25. The van der Waals surface area contributed by atoms with Crippen LogP contribution in [-0.4, -0.2) is 35.0 Å². The van der Waals surface area contributed by atoms with Crippen molar-refractivity contribution in [1.29, 1.82) is 0 Å². The summed E-state index contributed by atoms with van der Waals surface area (Å²) in [6, 6.07) is 12.1. The van der Waals surface area contributed by atoms with Gasteiger partial charge in [-0.05, 0) is 50.5 Å². The maximum absolute atomic E-state index is 13.1. The van der Waals surface area contributed by atoms with Crippen molar-refractivity contribution in [2.75, 3.05) is 4.90 Å². The van der Waals surface area contributed by atoms with Crippen LogP contribution in [0.15, 0.2) is 53.5 Å². The number of hydrogen-bond donors (Lipinski definition) is 0. The van der Waals surface area contributed by atoms with E-state index in [1.807, 2.05) is 38.1 Å². The number of para-hydroxylation sites is 1. The summed E-state index contributed by atoms with van der Waals surface area (Å²) in [7, 11) is -3.87. The third kappa shape index (κ3) is 3.52. The Hall–Kier alpha value is -3.00. The van der Waals surface area contributed by atoms with E-state index in [-0.39, 0.29) is 17.3 Å². The molecule has 1 aromatic carbocycles. The van der Waals surface area contributed by atoms with Crippen LogP contribution in [0.25, 0.3) is 5.65 Å². The van der Waals surface area contributed by atoms with Crippen molar-refractivity contribution in [3.8, 4) is 0 Å². The number of sulfone groups is 1. The number of rotatable bonds is 4. The second-order valence-corrected chi connectivity index (χ2v) is 10.2. The maximum atomic E-state index is 13.1. The van der Waals surface area contributed by atoms with Crippen LogP contribution in [0.3, 0.4) is 0 Å². The van der Waals surface area contributed by atoms with Gasteiger partial charge in [0.05, 0.1) is 11.4 Å². The first-order valence-electron chi connectivity index (χ1n) is 9.79. The molecule has 1 aliphatic heterocycles. The van der Waals surface area contributed by atoms with Gasteiger partial charge in [-0.3, -0.25) is 14.0 Å². The molecule has 0 bridgehead atoms. The van der Waals surface area contributed by atoms with Gasteiger partial charge in [0, 0.05) is 24.0 Å². The van der Waals surface area contributed by atoms with Gasteiger partial charge in [0.1, 0.15) is 10.9 Å². The second-order valence-electron chi connectivity index (χ2n) is 7.86. The smallest absolute Gasteiger partial charge is 0.258 e. The quantitative estimate of drug-likeness (QED) is 0.640. The fourth-order valence-electron chi connectivity index (χ4n) is 3.91. The first-order valence-corrected chi connectivity index (χ1v) is 11.5. The van der Waals surface area contributed by atoms with Crippen molar-refractivity contribution >= 4 is 27.1 Å². The topological polar surface area (TPSA) is 88.8 Å². The SMILES string of the molecule is Cc1ccc2nc(CS(=O)(=O)C(C)C(=O)N3c4ccccc4CC3C)cc(=O)n2c1. The van der Waals surface area contributed by atoms with Gasteiger partial charge in [0.2, 0.25) is 5.91 Å². The Balaban J connectivity index is 1.62. The van der Waals surface area contributed by atoms with Gasteiger partial charge in [-0.1, -0.05) is 24.3 Å². The third-order valence-corrected chi connectivity index (χ3v) is 7.52. The van der Waals surface area contributed by atoms with Gasteiger partial charge >= 0.3 is 0 Å². The highest BCUT2D eigenvalue weighted by atomic mass is 32.2. The zero-order valence-corrected chi connectivity index (χ0v) is 17.9. The maximum Gasteiger partial charge on any atom is 0.258 e. The molecule has 156 valence electrons. The molecule has 0 aliphatic carbocycles. The largest absolute Gasteiger partial charge is 0.308 e. The van der Waals surface area contributed by atoms with Crippen LogP contribution in [-0.2, 0) is 26.8 Å². The van der Waals surface area contributed by atoms with Crippen molar-refractivity contribution in [2.24, 2.45) is 0 Å². The molecular weight excluding hydrogens is 402 g/mol. The fraction of sp³-hybridized carbons (Fsp3) is 0.318. The van der Waals surface area contributed by atoms with Crippen molar-refractivity contribution in [1.82, 2.24) is 9.38 Å². The van der Waals surface area contributed by atoms with Crippen LogP contribution in [0.5, 0.6) is 0 Å². The van der Waals surface area contributed by atoms with Gasteiger partial charge < -0.3 is 4.90 Å². The molecule has 30 heavy (non-hydrogen) atoms. The summed E-state index contributed by atoms with van der Waals surface area (Å²) < 4.78 is 27.4. The van der Waals surface area contributed by atoms with Crippen LogP contribution in [0, 0.1) is 6.92 Å². The summed E-state index contributed by atoms with van der Waals surface area (Å²) in [5.74, 6) is -0.927. The molecule has 1 aliphatic rings. The average molecular weight is 426 g/mol. The molecule has 8 heteroatoms. The zero-order valence-electron chi connectivity index (χ0n) is 17.1. The standard InChI is InChI=1S/C22H23N3O4S/c1-14-8-9-20-23-18(11-21(26)24(20)12-14)13-30(28,29)16(3)22(27)25-15(2)10-17-6-4-5-7-19(17)25/h4-9,11-12,15-16H,10,13H2,1-3H3. The van der Waals surface area contributed by atoms with Gasteiger partial charge in [0.25, 0.3) is 5.56 Å². The van der Waals surface area contributed by atoms with Crippen LogP contribution >= 0.6 is 0 Å². The molecule has 0 saturated heterocycles. The Morgan fingerprint density at radius 2 is 1.97 bits per heavy atom. The Bertz CT molecular complexity index is 1310. The highest BCUT2D eigenvalue weighted by Gasteiger charge is 2.38. The van der Waals surface area contributed by atoms with E-state index in [0.717, 1.165) is 16.8 Å². The Labute approximate surface area is 174 Å². The fourth-order valence-corrected chi connectivity index (χ4v) is 5.15. The minimum atomic E-state index is -3.87. The molecule has 0 N–H and O–H groups in total. The predicted molar refractivity (Wildman–Crippen MR) is 115 cm³/mol. The molecule has 2 aromatic heterocycles. The molecule has 1 amide bonds. The molecule has 0 saturated carbocycles. The number of benzene rings is 1. The van der Waals surface area contributed by atoms with E-state index in [2.05, 4.69) is 4.98 Å². The van der Waals surface area contributed by atoms with E-state index in [0.29, 0.717) is 12.1 Å². The number of hydrogen-bond acceptors (Lipinski definition) is 5. The number of fused-ring (bicyclic) bond motifs is 2. The van der Waals surface area contributed by atoms with E-state index in [1.165, 1.54) is 17.4 Å². The molecule has 2 atom stereocenters. The molecule has 0 radical (unpaired) electrons. The third-order valence-electron chi connectivity index (χ3n) is 5.54. The monoisotopic (exact) mass is 425 g/mol. The minimum absolute atomic E-state index is 0.112. The number of aromatic nitrogens is 2. The van der Waals surface area contributed by atoms with E-state index in [1.54, 1.807) is 23.2 Å². The first kappa shape index (κ1) is 20.3.